The Kier molecular flexibility index (Phi) is 4.16. The maximum absolute atomic E-state index is 12.5. The monoisotopic (exact) mass is 353 g/mol. The van der Waals surface area contributed by atoms with Crippen molar-refractivity contribution in [1.29, 1.82) is 0 Å². The van der Waals surface area contributed by atoms with E-state index in [0.717, 1.165) is 62.7 Å². The zero-order valence-electron chi connectivity index (χ0n) is 14.0. The molecular weight excluding hydrogens is 331 g/mol. The minimum absolute atomic E-state index is 0.125. The minimum Gasteiger partial charge on any atom is -0.406 e. The third-order valence-electron chi connectivity index (χ3n) is 5.82. The van der Waals surface area contributed by atoms with Crippen molar-refractivity contribution in [3.8, 4) is 5.75 Å². The first-order valence-corrected chi connectivity index (χ1v) is 9.08. The second-order valence-electron chi connectivity index (χ2n) is 7.49. The van der Waals surface area contributed by atoms with E-state index in [-0.39, 0.29) is 17.6 Å². The standard InChI is InChI=1S/C19H22F3NO2/c20-19(21,22)25-15-5-3-12-4-6-16(17(12)11-15)13-7-9-23(10-8-13)18(24)14-1-2-14/h3,5,11,13-14,16H,1-2,4,6-10H2. The molecule has 2 fully saturated rings. The summed E-state index contributed by atoms with van der Waals surface area (Å²) < 4.78 is 41.5. The lowest BCUT2D eigenvalue weighted by Gasteiger charge is -2.35. The summed E-state index contributed by atoms with van der Waals surface area (Å²) in [4.78, 5) is 14.1. The Hall–Kier alpha value is -1.72. The van der Waals surface area contributed by atoms with Crippen molar-refractivity contribution in [2.24, 2.45) is 11.8 Å². The zero-order chi connectivity index (χ0) is 17.6. The molecule has 1 atom stereocenters. The Morgan fingerprint density at radius 3 is 2.44 bits per heavy atom. The molecule has 0 bridgehead atoms. The molecule has 1 aromatic rings. The summed E-state index contributed by atoms with van der Waals surface area (Å²) in [5.41, 5.74) is 2.14. The molecule has 1 unspecified atom stereocenters. The van der Waals surface area contributed by atoms with Crippen LogP contribution in [-0.4, -0.2) is 30.3 Å². The Morgan fingerprint density at radius 1 is 1.08 bits per heavy atom. The molecule has 3 nitrogen and oxygen atoms in total. The number of alkyl halides is 3. The summed E-state index contributed by atoms with van der Waals surface area (Å²) in [6.07, 6.45) is 1.16. The highest BCUT2D eigenvalue weighted by atomic mass is 19.4. The number of fused-ring (bicyclic) bond motifs is 1. The number of likely N-dealkylation sites (tertiary alicyclic amines) is 1. The smallest absolute Gasteiger partial charge is 0.406 e. The number of hydrogen-bond acceptors (Lipinski definition) is 2. The highest BCUT2D eigenvalue weighted by molar-refractivity contribution is 5.81. The van der Waals surface area contributed by atoms with Crippen molar-refractivity contribution < 1.29 is 22.7 Å². The van der Waals surface area contributed by atoms with Crippen LogP contribution in [0.15, 0.2) is 18.2 Å². The van der Waals surface area contributed by atoms with E-state index in [0.29, 0.717) is 11.8 Å². The summed E-state index contributed by atoms with van der Waals surface area (Å²) in [6, 6.07) is 4.75. The van der Waals surface area contributed by atoms with Crippen LogP contribution in [0.2, 0.25) is 0 Å². The van der Waals surface area contributed by atoms with Gasteiger partial charge in [-0.15, -0.1) is 13.2 Å². The number of amides is 1. The number of rotatable bonds is 3. The minimum atomic E-state index is -4.66. The molecule has 4 rings (SSSR count). The van der Waals surface area contributed by atoms with Gasteiger partial charge in [0, 0.05) is 19.0 Å². The maximum atomic E-state index is 12.5. The normalized spacial score (nSPS) is 24.3. The number of hydrogen-bond donors (Lipinski definition) is 0. The van der Waals surface area contributed by atoms with Crippen LogP contribution in [0.3, 0.4) is 0 Å². The van der Waals surface area contributed by atoms with E-state index in [1.54, 1.807) is 12.1 Å². The second kappa shape index (κ2) is 6.22. The molecule has 3 aliphatic rings. The molecule has 1 amide bonds. The van der Waals surface area contributed by atoms with Crippen LogP contribution in [0.25, 0.3) is 0 Å². The van der Waals surface area contributed by atoms with E-state index < -0.39 is 6.36 Å². The molecule has 1 saturated carbocycles. The summed E-state index contributed by atoms with van der Waals surface area (Å²) in [7, 11) is 0. The fourth-order valence-electron chi connectivity index (χ4n) is 4.41. The molecule has 0 radical (unpaired) electrons. The molecule has 1 heterocycles. The van der Waals surface area contributed by atoms with Gasteiger partial charge in [-0.3, -0.25) is 4.79 Å². The van der Waals surface area contributed by atoms with E-state index in [2.05, 4.69) is 4.74 Å². The fourth-order valence-corrected chi connectivity index (χ4v) is 4.41. The third-order valence-corrected chi connectivity index (χ3v) is 5.82. The van der Waals surface area contributed by atoms with E-state index in [1.807, 2.05) is 4.90 Å². The summed E-state index contributed by atoms with van der Waals surface area (Å²) in [5.74, 6) is 1.15. The van der Waals surface area contributed by atoms with Crippen molar-refractivity contribution in [3.05, 3.63) is 29.3 Å². The van der Waals surface area contributed by atoms with Crippen LogP contribution >= 0.6 is 0 Å². The van der Waals surface area contributed by atoms with Crippen molar-refractivity contribution >= 4 is 5.91 Å². The number of carbonyl (C=O) groups excluding carboxylic acids is 1. The second-order valence-corrected chi connectivity index (χ2v) is 7.49. The Balaban J connectivity index is 1.43. The number of carbonyl (C=O) groups is 1. The van der Waals surface area contributed by atoms with Crippen LogP contribution in [0, 0.1) is 11.8 Å². The molecule has 0 aromatic heterocycles. The van der Waals surface area contributed by atoms with Gasteiger partial charge in [0.1, 0.15) is 5.75 Å². The summed E-state index contributed by atoms with van der Waals surface area (Å²) in [6.45, 7) is 1.56. The molecule has 2 aliphatic carbocycles. The lowest BCUT2D eigenvalue weighted by atomic mass is 9.81. The van der Waals surface area contributed by atoms with Gasteiger partial charge < -0.3 is 9.64 Å². The van der Waals surface area contributed by atoms with Crippen LogP contribution in [-0.2, 0) is 11.2 Å². The van der Waals surface area contributed by atoms with Crippen LogP contribution < -0.4 is 4.74 Å². The first-order chi connectivity index (χ1) is 11.9. The number of aryl methyl sites for hydroxylation is 1. The Bertz CT molecular complexity index is 661. The first kappa shape index (κ1) is 16.7. The lowest BCUT2D eigenvalue weighted by Crippen LogP contribution is -2.40. The van der Waals surface area contributed by atoms with Crippen LogP contribution in [0.1, 0.15) is 49.1 Å². The highest BCUT2D eigenvalue weighted by Gasteiger charge is 2.38. The molecule has 1 saturated heterocycles. The summed E-state index contributed by atoms with van der Waals surface area (Å²) >= 11 is 0. The van der Waals surface area contributed by atoms with Crippen molar-refractivity contribution in [1.82, 2.24) is 4.90 Å². The Labute approximate surface area is 145 Å². The van der Waals surface area contributed by atoms with Crippen molar-refractivity contribution in [3.63, 3.8) is 0 Å². The van der Waals surface area contributed by atoms with E-state index in [1.165, 1.54) is 6.07 Å². The average molecular weight is 353 g/mol. The van der Waals surface area contributed by atoms with Gasteiger partial charge in [0.15, 0.2) is 0 Å². The highest BCUT2D eigenvalue weighted by Crippen LogP contribution is 2.44. The summed E-state index contributed by atoms with van der Waals surface area (Å²) in [5, 5.41) is 0. The molecule has 0 spiro atoms. The Morgan fingerprint density at radius 2 is 1.80 bits per heavy atom. The van der Waals surface area contributed by atoms with Crippen LogP contribution in [0.4, 0.5) is 13.2 Å². The molecule has 1 aromatic carbocycles. The number of ether oxygens (including phenoxy) is 1. The third kappa shape index (κ3) is 3.62. The topological polar surface area (TPSA) is 29.5 Å². The van der Waals surface area contributed by atoms with Crippen molar-refractivity contribution in [2.75, 3.05) is 13.1 Å². The predicted octanol–water partition coefficient (Wildman–Crippen LogP) is 4.26. The number of piperidine rings is 1. The maximum Gasteiger partial charge on any atom is 0.573 e. The van der Waals surface area contributed by atoms with Gasteiger partial charge >= 0.3 is 6.36 Å². The van der Waals surface area contributed by atoms with Gasteiger partial charge in [0.25, 0.3) is 0 Å². The van der Waals surface area contributed by atoms with E-state index in [9.17, 15) is 18.0 Å². The number of nitrogens with zero attached hydrogens (tertiary/aromatic N) is 1. The number of halogens is 3. The van der Waals surface area contributed by atoms with Crippen LogP contribution in [0.5, 0.6) is 5.75 Å². The molecular formula is C19H22F3NO2. The zero-order valence-corrected chi connectivity index (χ0v) is 14.0. The fraction of sp³-hybridized carbons (Fsp3) is 0.632. The van der Waals surface area contributed by atoms with Gasteiger partial charge in [-0.2, -0.15) is 0 Å². The largest absolute Gasteiger partial charge is 0.573 e. The van der Waals surface area contributed by atoms with E-state index in [4.69, 9.17) is 0 Å². The van der Waals surface area contributed by atoms with E-state index >= 15 is 0 Å². The van der Waals surface area contributed by atoms with Gasteiger partial charge in [-0.25, -0.2) is 0 Å². The molecule has 0 N–H and O–H groups in total. The van der Waals surface area contributed by atoms with Gasteiger partial charge in [0.2, 0.25) is 5.91 Å². The van der Waals surface area contributed by atoms with Gasteiger partial charge in [0.05, 0.1) is 0 Å². The molecule has 25 heavy (non-hydrogen) atoms. The SMILES string of the molecule is O=C(C1CC1)N1CCC(C2CCc3ccc(OC(F)(F)F)cc32)CC1. The molecule has 1 aliphatic heterocycles. The number of benzene rings is 1. The first-order valence-electron chi connectivity index (χ1n) is 9.08. The van der Waals surface area contributed by atoms with Gasteiger partial charge in [-0.1, -0.05) is 6.07 Å². The predicted molar refractivity (Wildman–Crippen MR) is 86.2 cm³/mol. The quantitative estimate of drug-likeness (QED) is 0.812. The molecule has 136 valence electrons. The van der Waals surface area contributed by atoms with Gasteiger partial charge in [-0.05, 0) is 73.6 Å². The van der Waals surface area contributed by atoms with Crippen molar-refractivity contribution in [2.45, 2.75) is 50.8 Å². The molecule has 6 heteroatoms. The average Bonchev–Trinajstić information content (AvgIpc) is 3.33. The lowest BCUT2D eigenvalue weighted by molar-refractivity contribution is -0.274.